The summed E-state index contributed by atoms with van der Waals surface area (Å²) in [5.41, 5.74) is -2.06. The Hall–Kier alpha value is -3.74. The highest BCUT2D eigenvalue weighted by atomic mass is 16.8. The van der Waals surface area contributed by atoms with E-state index in [1.807, 2.05) is 0 Å². The van der Waals surface area contributed by atoms with Gasteiger partial charge in [0.1, 0.15) is 36.6 Å². The fourth-order valence-corrected chi connectivity index (χ4v) is 6.72. The average molecular weight is 701 g/mol. The molecule has 0 unspecified atom stereocenters. The highest BCUT2D eigenvalue weighted by Crippen LogP contribution is 2.43. The van der Waals surface area contributed by atoms with Crippen molar-refractivity contribution in [3.8, 4) is 0 Å². The van der Waals surface area contributed by atoms with Gasteiger partial charge in [0.05, 0.1) is 26.4 Å². The summed E-state index contributed by atoms with van der Waals surface area (Å²) in [6.45, 7) is 15.2. The van der Waals surface area contributed by atoms with E-state index in [-0.39, 0.29) is 32.9 Å². The predicted molar refractivity (Wildman–Crippen MR) is 177 cm³/mol. The molecule has 50 heavy (non-hydrogen) atoms. The van der Waals surface area contributed by atoms with Gasteiger partial charge < -0.3 is 37.9 Å². The highest BCUT2D eigenvalue weighted by Gasteiger charge is 2.57. The van der Waals surface area contributed by atoms with Crippen LogP contribution in [0.3, 0.4) is 0 Å². The summed E-state index contributed by atoms with van der Waals surface area (Å²) in [5.74, 6) is -1.81. The number of fused-ring (bicyclic) bond motifs is 2. The van der Waals surface area contributed by atoms with Crippen LogP contribution in [-0.2, 0) is 51.0 Å². The Morgan fingerprint density at radius 3 is 1.60 bits per heavy atom. The van der Waals surface area contributed by atoms with Gasteiger partial charge in [0.25, 0.3) is 11.1 Å². The van der Waals surface area contributed by atoms with Crippen LogP contribution in [0.5, 0.6) is 0 Å². The molecule has 8 atom stereocenters. The lowest BCUT2D eigenvalue weighted by atomic mass is 10.1. The van der Waals surface area contributed by atoms with E-state index in [1.54, 1.807) is 45.9 Å². The number of rotatable bonds is 14. The molecule has 0 radical (unpaired) electrons. The van der Waals surface area contributed by atoms with Crippen molar-refractivity contribution < 1.29 is 37.9 Å². The molecule has 0 saturated carbocycles. The van der Waals surface area contributed by atoms with Crippen molar-refractivity contribution in [2.75, 3.05) is 26.4 Å². The Morgan fingerprint density at radius 1 is 0.660 bits per heavy atom. The van der Waals surface area contributed by atoms with Crippen LogP contribution in [0.2, 0.25) is 0 Å². The molecule has 16 heteroatoms. The van der Waals surface area contributed by atoms with Crippen molar-refractivity contribution in [2.45, 2.75) is 101 Å². The van der Waals surface area contributed by atoms with Crippen LogP contribution in [0.15, 0.2) is 81.2 Å². The molecule has 2 aromatic heterocycles. The third-order valence-corrected chi connectivity index (χ3v) is 8.77. The quantitative estimate of drug-likeness (QED) is 0.202. The van der Waals surface area contributed by atoms with Crippen molar-refractivity contribution in [3.63, 3.8) is 0 Å². The first-order chi connectivity index (χ1) is 23.8. The molecule has 2 aromatic rings. The van der Waals surface area contributed by atoms with Gasteiger partial charge in [-0.15, -0.1) is 13.2 Å². The molecule has 4 aliphatic rings. The number of hydrogen-bond donors (Lipinski definition) is 0. The van der Waals surface area contributed by atoms with Crippen molar-refractivity contribution in [1.82, 2.24) is 18.3 Å². The second-order valence-corrected chi connectivity index (χ2v) is 13.3. The highest BCUT2D eigenvalue weighted by molar-refractivity contribution is 5.02. The lowest BCUT2D eigenvalue weighted by molar-refractivity contribution is -0.202. The summed E-state index contributed by atoms with van der Waals surface area (Å²) in [5, 5.41) is 0. The van der Waals surface area contributed by atoms with E-state index in [0.717, 1.165) is 9.13 Å². The van der Waals surface area contributed by atoms with Gasteiger partial charge in [-0.25, -0.2) is 9.59 Å². The van der Waals surface area contributed by atoms with E-state index >= 15 is 0 Å². The molecule has 6 heterocycles. The second-order valence-electron chi connectivity index (χ2n) is 13.3. The van der Waals surface area contributed by atoms with E-state index in [2.05, 4.69) is 13.2 Å². The minimum absolute atomic E-state index is 0.0153. The number of ether oxygens (including phenoxy) is 8. The Bertz CT molecular complexity index is 1840. The smallest absolute Gasteiger partial charge is 0.333 e. The molecule has 0 spiro atoms. The molecule has 4 fully saturated rings. The predicted octanol–water partition coefficient (Wildman–Crippen LogP) is 0.830. The monoisotopic (exact) mass is 700 g/mol. The van der Waals surface area contributed by atoms with Gasteiger partial charge in [-0.05, 0) is 27.7 Å². The van der Waals surface area contributed by atoms with Gasteiger partial charge in [-0.1, -0.05) is 24.3 Å². The third kappa shape index (κ3) is 7.20. The van der Waals surface area contributed by atoms with Gasteiger partial charge in [0.15, 0.2) is 24.0 Å². The topological polar surface area (TPSA) is 162 Å². The molecule has 6 rings (SSSR count). The zero-order chi connectivity index (χ0) is 35.8. The standard InChI is InChI=1S/C34H44N4O12/c1-7-13-35-23(39)11-15-37(31(35)41)29-28-26(48-34(5,6)50-28)22(46-29)20-44-18-10-9-14-36-24(40)12-16-38(32(36)42)30-27-25(47-33(3,4)49-27)21(45-30)19-43-17-8-2/h7-12,15-16,21-22,25-30H,1-2,13-14,17-20H2,3-6H3/b10-9+/t21-,22-,25-,26-,27-,28-,29-,30-/m1/s1. The average Bonchev–Trinajstić information content (AvgIpc) is 3.75. The van der Waals surface area contributed by atoms with Gasteiger partial charge in [-0.3, -0.25) is 27.9 Å². The molecule has 16 nitrogen and oxygen atoms in total. The molecular weight excluding hydrogens is 656 g/mol. The lowest BCUT2D eigenvalue weighted by Crippen LogP contribution is -2.42. The molecular formula is C34H44N4O12. The van der Waals surface area contributed by atoms with Gasteiger partial charge >= 0.3 is 11.4 Å². The van der Waals surface area contributed by atoms with Crippen molar-refractivity contribution >= 4 is 0 Å². The number of hydrogen-bond acceptors (Lipinski definition) is 12. The van der Waals surface area contributed by atoms with Crippen LogP contribution >= 0.6 is 0 Å². The van der Waals surface area contributed by atoms with Crippen LogP contribution in [-0.4, -0.2) is 92.9 Å². The normalized spacial score (nSPS) is 30.9. The summed E-state index contributed by atoms with van der Waals surface area (Å²) in [6.07, 6.45) is 4.20. The minimum Gasteiger partial charge on any atom is -0.375 e. The Labute approximate surface area is 287 Å². The molecule has 0 aliphatic carbocycles. The lowest BCUT2D eigenvalue weighted by Gasteiger charge is -2.25. The van der Waals surface area contributed by atoms with E-state index in [9.17, 15) is 19.2 Å². The van der Waals surface area contributed by atoms with Gasteiger partial charge in [0.2, 0.25) is 0 Å². The Balaban J connectivity index is 1.09. The zero-order valence-corrected chi connectivity index (χ0v) is 28.6. The second kappa shape index (κ2) is 14.5. The van der Waals surface area contributed by atoms with Crippen molar-refractivity contribution in [2.24, 2.45) is 0 Å². The first kappa shape index (κ1) is 36.1. The molecule has 272 valence electrons. The first-order valence-electron chi connectivity index (χ1n) is 16.5. The summed E-state index contributed by atoms with van der Waals surface area (Å²) in [6, 6.07) is 2.59. The van der Waals surface area contributed by atoms with Crippen LogP contribution in [0.1, 0.15) is 40.2 Å². The SMILES string of the molecule is C=CCOC[C@H]1O[C@@H](n2ccc(=O)n(C/C=C/COC[C@H]3O[C@@H](n4ccc(=O)n(CC=C)c4=O)[C@@H]4OC(C)(C)O[C@@H]43)c2=O)[C@@H]2OC(C)(C)O[C@@H]21. The van der Waals surface area contributed by atoms with Crippen molar-refractivity contribution in [1.29, 1.82) is 0 Å². The molecule has 4 aliphatic heterocycles. The summed E-state index contributed by atoms with van der Waals surface area (Å²) >= 11 is 0. The zero-order valence-electron chi connectivity index (χ0n) is 28.6. The first-order valence-corrected chi connectivity index (χ1v) is 16.5. The Kier molecular flexibility index (Phi) is 10.4. The molecule has 0 amide bonds. The summed E-state index contributed by atoms with van der Waals surface area (Å²) in [7, 11) is 0. The molecule has 4 saturated heterocycles. The fraction of sp³-hybridized carbons (Fsp3) is 0.588. The number of nitrogens with zero attached hydrogens (tertiary/aromatic N) is 4. The van der Waals surface area contributed by atoms with Crippen LogP contribution in [0.4, 0.5) is 0 Å². The van der Waals surface area contributed by atoms with E-state index in [4.69, 9.17) is 37.9 Å². The molecule has 0 N–H and O–H groups in total. The fourth-order valence-electron chi connectivity index (χ4n) is 6.72. The van der Waals surface area contributed by atoms with E-state index in [0.29, 0.717) is 6.61 Å². The van der Waals surface area contributed by atoms with E-state index in [1.165, 1.54) is 39.7 Å². The van der Waals surface area contributed by atoms with Gasteiger partial charge in [-0.2, -0.15) is 0 Å². The molecule has 0 aromatic carbocycles. The van der Waals surface area contributed by atoms with Crippen LogP contribution in [0.25, 0.3) is 0 Å². The third-order valence-electron chi connectivity index (χ3n) is 8.77. The Morgan fingerprint density at radius 2 is 1.12 bits per heavy atom. The van der Waals surface area contributed by atoms with Gasteiger partial charge in [0, 0.05) is 37.6 Å². The maximum absolute atomic E-state index is 13.5. The van der Waals surface area contributed by atoms with Crippen molar-refractivity contribution in [3.05, 3.63) is 104 Å². The summed E-state index contributed by atoms with van der Waals surface area (Å²) < 4.78 is 53.0. The summed E-state index contributed by atoms with van der Waals surface area (Å²) in [4.78, 5) is 51.7. The van der Waals surface area contributed by atoms with E-state index < -0.39 is 83.2 Å². The maximum Gasteiger partial charge on any atom is 0.333 e. The van der Waals surface area contributed by atoms with Crippen LogP contribution < -0.4 is 22.5 Å². The number of allylic oxidation sites excluding steroid dienone is 2. The van der Waals surface area contributed by atoms with Crippen LogP contribution in [0, 0.1) is 0 Å². The largest absolute Gasteiger partial charge is 0.375 e. The number of aromatic nitrogens is 4. The molecule has 0 bridgehead atoms. The maximum atomic E-state index is 13.5. The minimum atomic E-state index is -0.928.